The fourth-order valence-corrected chi connectivity index (χ4v) is 7.26. The molecule has 4 heterocycles. The van der Waals surface area contributed by atoms with Crippen LogP contribution in [-0.4, -0.2) is 73.4 Å². The van der Waals surface area contributed by atoms with Gasteiger partial charge in [-0.15, -0.1) is 0 Å². The van der Waals surface area contributed by atoms with Gasteiger partial charge >= 0.3 is 0 Å². The first-order chi connectivity index (χ1) is 20.4. The fourth-order valence-electron chi connectivity index (χ4n) is 5.90. The number of rotatable bonds is 10. The van der Waals surface area contributed by atoms with Crippen molar-refractivity contribution in [3.8, 4) is 6.07 Å². The van der Waals surface area contributed by atoms with Crippen molar-refractivity contribution in [1.29, 1.82) is 5.26 Å². The summed E-state index contributed by atoms with van der Waals surface area (Å²) in [5, 5.41) is 13.6. The minimum Gasteiger partial charge on any atom is -0.351 e. The highest BCUT2D eigenvalue weighted by molar-refractivity contribution is 7.82. The SMILES string of the molecule is CC(Cc1cc(S(=O)N2CCC(Nc3ncc(Cl)cn3)CC2)ccc1C#N)CN1CCC(c2ccc(C=O)nc2)CC1. The minimum atomic E-state index is -1.29. The molecule has 0 aliphatic carbocycles. The second kappa shape index (κ2) is 14.3. The largest absolute Gasteiger partial charge is 0.351 e. The standard InChI is InChI=1S/C31H36ClN7O2S/c1-22(20-38-10-6-23(7-11-38)25-2-4-29(21-40)34-17-25)14-26-15-30(5-3-24(26)16-33)42(41)39-12-8-28(9-13-39)37-31-35-18-27(32)19-36-31/h2-5,15,17-19,21-23,28H,6-14,20H2,1H3,(H,35,36,37). The lowest BCUT2D eigenvalue weighted by molar-refractivity contribution is 0.111. The Kier molecular flexibility index (Phi) is 10.3. The van der Waals surface area contributed by atoms with E-state index in [0.29, 0.717) is 47.2 Å². The second-order valence-electron chi connectivity index (χ2n) is 11.3. The number of nitrogens with zero attached hydrogens (tertiary/aromatic N) is 6. The Morgan fingerprint density at radius 2 is 1.81 bits per heavy atom. The predicted octanol–water partition coefficient (Wildman–Crippen LogP) is 4.87. The number of carbonyl (C=O) groups excluding carboxylic acids is 1. The monoisotopic (exact) mass is 605 g/mol. The van der Waals surface area contributed by atoms with Crippen LogP contribution in [-0.2, 0) is 17.4 Å². The summed E-state index contributed by atoms with van der Waals surface area (Å²) in [5.74, 6) is 1.37. The first-order valence-corrected chi connectivity index (χ1v) is 16.0. The summed E-state index contributed by atoms with van der Waals surface area (Å²) < 4.78 is 15.5. The van der Waals surface area contributed by atoms with Crippen molar-refractivity contribution in [3.63, 3.8) is 0 Å². The van der Waals surface area contributed by atoms with Crippen LogP contribution in [0, 0.1) is 17.2 Å². The maximum atomic E-state index is 13.5. The molecule has 2 atom stereocenters. The number of piperidine rings is 2. The molecule has 2 fully saturated rings. The Balaban J connectivity index is 1.13. The molecule has 2 unspecified atom stereocenters. The van der Waals surface area contributed by atoms with E-state index in [0.717, 1.165) is 68.5 Å². The number of nitriles is 1. The summed E-state index contributed by atoms with van der Waals surface area (Å²) >= 11 is 5.88. The number of nitrogens with one attached hydrogen (secondary N) is 1. The van der Waals surface area contributed by atoms with Crippen molar-refractivity contribution in [2.24, 2.45) is 5.92 Å². The molecule has 220 valence electrons. The first-order valence-electron chi connectivity index (χ1n) is 14.5. The second-order valence-corrected chi connectivity index (χ2v) is 13.2. The highest BCUT2D eigenvalue weighted by atomic mass is 35.5. The number of aromatic nitrogens is 3. The lowest BCUT2D eigenvalue weighted by atomic mass is 9.89. The Labute approximate surface area is 254 Å². The third kappa shape index (κ3) is 7.78. The van der Waals surface area contributed by atoms with Crippen molar-refractivity contribution in [2.45, 2.75) is 55.9 Å². The summed E-state index contributed by atoms with van der Waals surface area (Å²) in [7, 11) is -1.29. The van der Waals surface area contributed by atoms with Gasteiger partial charge in [-0.25, -0.2) is 18.5 Å². The Bertz CT molecular complexity index is 1410. The third-order valence-corrected chi connectivity index (χ3v) is 9.85. The minimum absolute atomic E-state index is 0.210. The number of carbonyl (C=O) groups is 1. The summed E-state index contributed by atoms with van der Waals surface area (Å²) in [6.07, 6.45) is 10.3. The average Bonchev–Trinajstić information content (AvgIpc) is 3.02. The number of halogens is 1. The number of hydrogen-bond donors (Lipinski definition) is 1. The molecule has 0 spiro atoms. The number of hydrogen-bond acceptors (Lipinski definition) is 8. The number of anilines is 1. The zero-order valence-corrected chi connectivity index (χ0v) is 25.4. The number of aldehydes is 1. The summed E-state index contributed by atoms with van der Waals surface area (Å²) in [4.78, 5) is 26.8. The zero-order chi connectivity index (χ0) is 29.5. The van der Waals surface area contributed by atoms with Gasteiger partial charge in [-0.2, -0.15) is 5.26 Å². The van der Waals surface area contributed by atoms with Crippen LogP contribution in [0.4, 0.5) is 5.95 Å². The molecule has 2 aliphatic heterocycles. The van der Waals surface area contributed by atoms with E-state index in [1.165, 1.54) is 5.56 Å². The molecule has 0 radical (unpaired) electrons. The van der Waals surface area contributed by atoms with Crippen molar-refractivity contribution in [3.05, 3.63) is 76.3 Å². The normalized spacial score (nSPS) is 18.7. The van der Waals surface area contributed by atoms with Crippen molar-refractivity contribution in [2.75, 3.05) is 38.0 Å². The van der Waals surface area contributed by atoms with Gasteiger partial charge in [-0.3, -0.25) is 9.78 Å². The maximum Gasteiger partial charge on any atom is 0.222 e. The molecule has 2 saturated heterocycles. The van der Waals surface area contributed by atoms with Crippen LogP contribution in [0.5, 0.6) is 0 Å². The highest BCUT2D eigenvalue weighted by Crippen LogP contribution is 2.29. The molecule has 2 aromatic heterocycles. The van der Waals surface area contributed by atoms with Gasteiger partial charge < -0.3 is 10.2 Å². The molecular weight excluding hydrogens is 570 g/mol. The molecule has 42 heavy (non-hydrogen) atoms. The Morgan fingerprint density at radius 3 is 2.45 bits per heavy atom. The van der Waals surface area contributed by atoms with E-state index < -0.39 is 11.0 Å². The van der Waals surface area contributed by atoms with Crippen LogP contribution < -0.4 is 5.32 Å². The number of benzene rings is 1. The van der Waals surface area contributed by atoms with E-state index in [2.05, 4.69) is 38.2 Å². The van der Waals surface area contributed by atoms with Gasteiger partial charge in [0, 0.05) is 31.9 Å². The van der Waals surface area contributed by atoms with Gasteiger partial charge in [0.05, 0.1) is 33.9 Å². The molecule has 3 aromatic rings. The maximum absolute atomic E-state index is 13.5. The van der Waals surface area contributed by atoms with E-state index in [-0.39, 0.29) is 6.04 Å². The molecule has 1 N–H and O–H groups in total. The smallest absolute Gasteiger partial charge is 0.222 e. The third-order valence-electron chi connectivity index (χ3n) is 8.17. The molecule has 9 nitrogen and oxygen atoms in total. The van der Waals surface area contributed by atoms with Crippen LogP contribution in [0.3, 0.4) is 0 Å². The van der Waals surface area contributed by atoms with Gasteiger partial charge in [0.2, 0.25) is 5.95 Å². The van der Waals surface area contributed by atoms with Gasteiger partial charge in [0.1, 0.15) is 16.7 Å². The summed E-state index contributed by atoms with van der Waals surface area (Å²) in [6.45, 7) is 6.57. The Hall–Kier alpha value is -3.23. The van der Waals surface area contributed by atoms with E-state index in [4.69, 9.17) is 11.6 Å². The molecule has 0 saturated carbocycles. The lowest BCUT2D eigenvalue weighted by Crippen LogP contribution is -2.40. The van der Waals surface area contributed by atoms with Crippen molar-refractivity contribution >= 4 is 34.8 Å². The molecule has 1 aromatic carbocycles. The molecule has 11 heteroatoms. The quantitative estimate of drug-likeness (QED) is 0.326. The van der Waals surface area contributed by atoms with Crippen LogP contribution >= 0.6 is 11.6 Å². The van der Waals surface area contributed by atoms with Gasteiger partial charge in [0.25, 0.3) is 0 Å². The van der Waals surface area contributed by atoms with Crippen LogP contribution in [0.1, 0.15) is 65.7 Å². The average molecular weight is 606 g/mol. The van der Waals surface area contributed by atoms with E-state index >= 15 is 0 Å². The van der Waals surface area contributed by atoms with Gasteiger partial charge in [0.15, 0.2) is 6.29 Å². The van der Waals surface area contributed by atoms with Crippen molar-refractivity contribution < 1.29 is 9.00 Å². The molecule has 5 rings (SSSR count). The van der Waals surface area contributed by atoms with E-state index in [9.17, 15) is 14.3 Å². The molecule has 2 aliphatic rings. The predicted molar refractivity (Wildman–Crippen MR) is 164 cm³/mol. The van der Waals surface area contributed by atoms with Crippen LogP contribution in [0.25, 0.3) is 0 Å². The topological polar surface area (TPSA) is 115 Å². The van der Waals surface area contributed by atoms with Gasteiger partial charge in [-0.1, -0.05) is 24.6 Å². The highest BCUT2D eigenvalue weighted by Gasteiger charge is 2.26. The first kappa shape index (κ1) is 30.2. The zero-order valence-electron chi connectivity index (χ0n) is 23.8. The summed E-state index contributed by atoms with van der Waals surface area (Å²) in [6, 6.07) is 12.0. The van der Waals surface area contributed by atoms with E-state index in [1.54, 1.807) is 18.5 Å². The molecule has 0 bridgehead atoms. The number of pyridine rings is 1. The summed E-state index contributed by atoms with van der Waals surface area (Å²) in [5.41, 5.74) is 3.28. The molecule has 0 amide bonds. The van der Waals surface area contributed by atoms with Crippen LogP contribution in [0.15, 0.2) is 53.8 Å². The van der Waals surface area contributed by atoms with Crippen molar-refractivity contribution in [1.82, 2.24) is 24.2 Å². The number of likely N-dealkylation sites (tertiary alicyclic amines) is 1. The van der Waals surface area contributed by atoms with Gasteiger partial charge in [-0.05, 0) is 92.4 Å². The van der Waals surface area contributed by atoms with Crippen LogP contribution in [0.2, 0.25) is 5.02 Å². The fraction of sp³-hybridized carbons (Fsp3) is 0.452. The Morgan fingerprint density at radius 1 is 1.07 bits per heavy atom. The molecular formula is C31H36ClN7O2S. The van der Waals surface area contributed by atoms with E-state index in [1.807, 2.05) is 34.8 Å². The lowest BCUT2D eigenvalue weighted by Gasteiger charge is -2.34.